The number of nitrogens with zero attached hydrogens (tertiary/aromatic N) is 2. The average Bonchev–Trinajstić information content (AvgIpc) is 2.52. The summed E-state index contributed by atoms with van der Waals surface area (Å²) in [7, 11) is 1.54. The van der Waals surface area contributed by atoms with Crippen LogP contribution in [-0.4, -0.2) is 44.1 Å². The number of carbonyl (C=O) groups excluding carboxylic acids is 1. The molecule has 2 rings (SSSR count). The molecule has 1 aliphatic heterocycles. The van der Waals surface area contributed by atoms with Crippen LogP contribution in [0, 0.1) is 5.92 Å². The first-order valence-corrected chi connectivity index (χ1v) is 6.92. The number of aromatic nitrogens is 1. The van der Waals surface area contributed by atoms with Gasteiger partial charge in [-0.15, -0.1) is 0 Å². The molecule has 1 aromatic rings. The number of pyridine rings is 1. The van der Waals surface area contributed by atoms with Gasteiger partial charge in [-0.3, -0.25) is 4.79 Å². The lowest BCUT2D eigenvalue weighted by Crippen LogP contribution is -2.44. The van der Waals surface area contributed by atoms with Crippen molar-refractivity contribution in [1.29, 1.82) is 0 Å². The van der Waals surface area contributed by atoms with Crippen molar-refractivity contribution in [1.82, 2.24) is 10.3 Å². The molecule has 0 radical (unpaired) electrons. The fourth-order valence-electron chi connectivity index (χ4n) is 2.42. The summed E-state index contributed by atoms with van der Waals surface area (Å²) in [6.07, 6.45) is -0.991. The molecule has 5 nitrogen and oxygen atoms in total. The van der Waals surface area contributed by atoms with E-state index in [1.54, 1.807) is 13.2 Å². The van der Waals surface area contributed by atoms with Gasteiger partial charge in [-0.2, -0.15) is 4.98 Å². The molecule has 0 saturated carbocycles. The maximum Gasteiger partial charge on any atom is 0.255 e. The second kappa shape index (κ2) is 7.19. The van der Waals surface area contributed by atoms with Crippen molar-refractivity contribution in [2.75, 3.05) is 31.6 Å². The first-order chi connectivity index (χ1) is 10.1. The Kier molecular flexibility index (Phi) is 5.30. The monoisotopic (exact) mass is 299 g/mol. The van der Waals surface area contributed by atoms with Crippen molar-refractivity contribution >= 4 is 11.7 Å². The SMILES string of the molecule is COc1cccc(N2CCCC(C(=O)NCC(F)F)C2)n1. The van der Waals surface area contributed by atoms with Gasteiger partial charge in [-0.1, -0.05) is 6.07 Å². The van der Waals surface area contributed by atoms with E-state index in [9.17, 15) is 13.6 Å². The Morgan fingerprint density at radius 2 is 2.38 bits per heavy atom. The number of rotatable bonds is 5. The van der Waals surface area contributed by atoms with Crippen molar-refractivity contribution < 1.29 is 18.3 Å². The number of carbonyl (C=O) groups is 1. The number of anilines is 1. The summed E-state index contributed by atoms with van der Waals surface area (Å²) in [4.78, 5) is 18.2. The van der Waals surface area contributed by atoms with Gasteiger partial charge in [-0.25, -0.2) is 8.78 Å². The third kappa shape index (κ3) is 4.27. The Hall–Kier alpha value is -1.92. The summed E-state index contributed by atoms with van der Waals surface area (Å²) in [5.74, 6) is 0.644. The van der Waals surface area contributed by atoms with Crippen LogP contribution in [0.25, 0.3) is 0 Å². The molecule has 1 aromatic heterocycles. The number of nitrogens with one attached hydrogen (secondary N) is 1. The molecule has 1 N–H and O–H groups in total. The van der Waals surface area contributed by atoms with Gasteiger partial charge in [-0.05, 0) is 18.9 Å². The molecule has 1 aliphatic rings. The zero-order chi connectivity index (χ0) is 15.2. The molecule has 0 aliphatic carbocycles. The van der Waals surface area contributed by atoms with Crippen molar-refractivity contribution in [3.05, 3.63) is 18.2 Å². The van der Waals surface area contributed by atoms with Gasteiger partial charge in [0, 0.05) is 19.2 Å². The van der Waals surface area contributed by atoms with E-state index in [1.807, 2.05) is 17.0 Å². The minimum Gasteiger partial charge on any atom is -0.481 e. The minimum absolute atomic E-state index is 0.287. The lowest BCUT2D eigenvalue weighted by Gasteiger charge is -2.32. The third-order valence-electron chi connectivity index (χ3n) is 3.46. The average molecular weight is 299 g/mol. The van der Waals surface area contributed by atoms with E-state index in [0.29, 0.717) is 18.8 Å². The molecular formula is C14H19F2N3O2. The van der Waals surface area contributed by atoms with E-state index >= 15 is 0 Å². The predicted molar refractivity (Wildman–Crippen MR) is 74.7 cm³/mol. The Morgan fingerprint density at radius 1 is 1.57 bits per heavy atom. The largest absolute Gasteiger partial charge is 0.481 e. The third-order valence-corrected chi connectivity index (χ3v) is 3.46. The molecular weight excluding hydrogens is 280 g/mol. The number of alkyl halides is 2. The molecule has 1 amide bonds. The molecule has 1 atom stereocenters. The Morgan fingerprint density at radius 3 is 3.10 bits per heavy atom. The molecule has 0 spiro atoms. The summed E-state index contributed by atoms with van der Waals surface area (Å²) in [6.45, 7) is 0.681. The van der Waals surface area contributed by atoms with Crippen molar-refractivity contribution in [2.45, 2.75) is 19.3 Å². The van der Waals surface area contributed by atoms with Gasteiger partial charge >= 0.3 is 0 Å². The maximum absolute atomic E-state index is 12.1. The molecule has 116 valence electrons. The van der Waals surface area contributed by atoms with E-state index in [1.165, 1.54) is 0 Å². The summed E-state index contributed by atoms with van der Waals surface area (Å²) >= 11 is 0. The molecule has 0 aromatic carbocycles. The Bertz CT molecular complexity index is 485. The first kappa shape index (κ1) is 15.5. The molecule has 2 heterocycles. The normalized spacial score (nSPS) is 18.7. The van der Waals surface area contributed by atoms with E-state index in [2.05, 4.69) is 10.3 Å². The smallest absolute Gasteiger partial charge is 0.255 e. The van der Waals surface area contributed by atoms with Crippen LogP contribution in [0.1, 0.15) is 12.8 Å². The number of halogens is 2. The highest BCUT2D eigenvalue weighted by molar-refractivity contribution is 5.79. The second-order valence-corrected chi connectivity index (χ2v) is 4.96. The Balaban J connectivity index is 1.98. The highest BCUT2D eigenvalue weighted by Gasteiger charge is 2.26. The second-order valence-electron chi connectivity index (χ2n) is 4.96. The predicted octanol–water partition coefficient (Wildman–Crippen LogP) is 1.69. The topological polar surface area (TPSA) is 54.5 Å². The van der Waals surface area contributed by atoms with Crippen LogP contribution in [0.5, 0.6) is 5.88 Å². The zero-order valence-corrected chi connectivity index (χ0v) is 11.9. The van der Waals surface area contributed by atoms with Crippen LogP contribution in [0.2, 0.25) is 0 Å². The molecule has 0 bridgehead atoms. The quantitative estimate of drug-likeness (QED) is 0.899. The van der Waals surface area contributed by atoms with E-state index in [-0.39, 0.29) is 11.8 Å². The van der Waals surface area contributed by atoms with Gasteiger partial charge in [0.25, 0.3) is 6.43 Å². The fraction of sp³-hybridized carbons (Fsp3) is 0.571. The first-order valence-electron chi connectivity index (χ1n) is 6.92. The van der Waals surface area contributed by atoms with Gasteiger partial charge in [0.1, 0.15) is 5.82 Å². The summed E-state index contributed by atoms with van der Waals surface area (Å²) in [6, 6.07) is 5.43. The number of piperidine rings is 1. The standard InChI is InChI=1S/C14H19F2N3O2/c1-21-13-6-2-5-12(18-13)19-7-3-4-10(9-19)14(20)17-8-11(15)16/h2,5-6,10-11H,3-4,7-9H2,1H3,(H,17,20). The van der Waals surface area contributed by atoms with Gasteiger partial charge < -0.3 is 15.0 Å². The summed E-state index contributed by atoms with van der Waals surface area (Å²) in [5, 5.41) is 2.29. The molecule has 21 heavy (non-hydrogen) atoms. The van der Waals surface area contributed by atoms with Crippen LogP contribution in [0.4, 0.5) is 14.6 Å². The number of hydrogen-bond donors (Lipinski definition) is 1. The van der Waals surface area contributed by atoms with Gasteiger partial charge in [0.2, 0.25) is 11.8 Å². The van der Waals surface area contributed by atoms with Crippen LogP contribution in [0.15, 0.2) is 18.2 Å². The molecule has 1 saturated heterocycles. The van der Waals surface area contributed by atoms with Crippen molar-refractivity contribution in [2.24, 2.45) is 5.92 Å². The van der Waals surface area contributed by atoms with Crippen molar-refractivity contribution in [3.8, 4) is 5.88 Å². The van der Waals surface area contributed by atoms with E-state index < -0.39 is 13.0 Å². The number of hydrogen-bond acceptors (Lipinski definition) is 4. The highest BCUT2D eigenvalue weighted by Crippen LogP contribution is 2.23. The van der Waals surface area contributed by atoms with Crippen LogP contribution in [0.3, 0.4) is 0 Å². The van der Waals surface area contributed by atoms with Crippen LogP contribution >= 0.6 is 0 Å². The van der Waals surface area contributed by atoms with E-state index in [4.69, 9.17) is 4.74 Å². The van der Waals surface area contributed by atoms with Crippen molar-refractivity contribution in [3.63, 3.8) is 0 Å². The maximum atomic E-state index is 12.1. The fourth-order valence-corrected chi connectivity index (χ4v) is 2.42. The number of methoxy groups -OCH3 is 1. The minimum atomic E-state index is -2.52. The highest BCUT2D eigenvalue weighted by atomic mass is 19.3. The lowest BCUT2D eigenvalue weighted by atomic mass is 9.97. The van der Waals surface area contributed by atoms with E-state index in [0.717, 1.165) is 18.8 Å². The number of ether oxygens (including phenoxy) is 1. The van der Waals surface area contributed by atoms with Gasteiger partial charge in [0.15, 0.2) is 0 Å². The Labute approximate surface area is 122 Å². The van der Waals surface area contributed by atoms with Crippen LogP contribution in [-0.2, 0) is 4.79 Å². The zero-order valence-electron chi connectivity index (χ0n) is 11.9. The van der Waals surface area contributed by atoms with Gasteiger partial charge in [0.05, 0.1) is 19.6 Å². The lowest BCUT2D eigenvalue weighted by molar-refractivity contribution is -0.125. The molecule has 7 heteroatoms. The summed E-state index contributed by atoms with van der Waals surface area (Å²) in [5.41, 5.74) is 0. The number of amides is 1. The molecule has 1 fully saturated rings. The van der Waals surface area contributed by atoms with Crippen LogP contribution < -0.4 is 15.0 Å². The molecule has 1 unspecified atom stereocenters. The summed E-state index contributed by atoms with van der Waals surface area (Å²) < 4.78 is 29.4.